The van der Waals surface area contributed by atoms with E-state index in [1.165, 1.54) is 0 Å². The predicted octanol–water partition coefficient (Wildman–Crippen LogP) is 2.48. The number of aliphatic hydroxyl groups excluding tert-OH is 1. The highest BCUT2D eigenvalue weighted by molar-refractivity contribution is 5.35. The lowest BCUT2D eigenvalue weighted by atomic mass is 10.00. The van der Waals surface area contributed by atoms with E-state index in [0.29, 0.717) is 5.88 Å². The van der Waals surface area contributed by atoms with Gasteiger partial charge in [0.2, 0.25) is 5.88 Å². The summed E-state index contributed by atoms with van der Waals surface area (Å²) in [5.41, 5.74) is 2.63. The highest BCUT2D eigenvalue weighted by atomic mass is 16.5. The van der Waals surface area contributed by atoms with Gasteiger partial charge < -0.3 is 9.84 Å². The van der Waals surface area contributed by atoms with Crippen molar-refractivity contribution in [2.24, 2.45) is 0 Å². The second-order valence-corrected chi connectivity index (χ2v) is 3.90. The average molecular weight is 229 g/mol. The number of aromatic nitrogens is 1. The van der Waals surface area contributed by atoms with Crippen LogP contribution in [0, 0.1) is 6.92 Å². The summed E-state index contributed by atoms with van der Waals surface area (Å²) in [4.78, 5) is 4.12. The summed E-state index contributed by atoms with van der Waals surface area (Å²) in [6.07, 6.45) is 1.01. The third kappa shape index (κ3) is 2.45. The molecule has 0 bridgehead atoms. The minimum atomic E-state index is -0.644. The van der Waals surface area contributed by atoms with E-state index in [1.807, 2.05) is 43.3 Å². The number of aryl methyl sites for hydroxylation is 1. The summed E-state index contributed by atoms with van der Waals surface area (Å²) in [6, 6.07) is 11.4. The number of hydrogen-bond donors (Lipinski definition) is 1. The molecule has 3 heteroatoms. The minimum absolute atomic E-state index is 0.562. The number of rotatable bonds is 3. The molecule has 1 aromatic heterocycles. The normalized spacial score (nSPS) is 12.2. The lowest BCUT2D eigenvalue weighted by Crippen LogP contribution is -2.03. The number of ether oxygens (including phenoxy) is 1. The summed E-state index contributed by atoms with van der Waals surface area (Å²) in [6.45, 7) is 1.94. The van der Waals surface area contributed by atoms with Gasteiger partial charge in [0.15, 0.2) is 0 Å². The van der Waals surface area contributed by atoms with Gasteiger partial charge in [0.25, 0.3) is 0 Å². The largest absolute Gasteiger partial charge is 0.481 e. The van der Waals surface area contributed by atoms with Gasteiger partial charge in [-0.15, -0.1) is 0 Å². The Labute approximate surface area is 101 Å². The Bertz CT molecular complexity index is 497. The van der Waals surface area contributed by atoms with Gasteiger partial charge in [-0.1, -0.05) is 30.3 Å². The summed E-state index contributed by atoms with van der Waals surface area (Å²) >= 11 is 0. The van der Waals surface area contributed by atoms with Gasteiger partial charge in [-0.3, -0.25) is 0 Å². The molecular formula is C14H15NO2. The SMILES string of the molecule is COc1cc(C)c([C@H](O)c2ccccc2)cn1. The fraction of sp³-hybridized carbons (Fsp3) is 0.214. The highest BCUT2D eigenvalue weighted by Gasteiger charge is 2.13. The second-order valence-electron chi connectivity index (χ2n) is 3.90. The van der Waals surface area contributed by atoms with Crippen molar-refractivity contribution in [3.8, 4) is 5.88 Å². The molecule has 0 unspecified atom stereocenters. The molecule has 1 heterocycles. The monoisotopic (exact) mass is 229 g/mol. The summed E-state index contributed by atoms with van der Waals surface area (Å²) in [5, 5.41) is 10.3. The Balaban J connectivity index is 2.34. The lowest BCUT2D eigenvalue weighted by molar-refractivity contribution is 0.219. The Kier molecular flexibility index (Phi) is 3.40. The lowest BCUT2D eigenvalue weighted by Gasteiger charge is -2.14. The Morgan fingerprint density at radius 2 is 1.94 bits per heavy atom. The topological polar surface area (TPSA) is 42.4 Å². The number of pyridine rings is 1. The number of hydrogen-bond acceptors (Lipinski definition) is 3. The van der Waals surface area contributed by atoms with Gasteiger partial charge in [0.05, 0.1) is 7.11 Å². The molecule has 0 saturated heterocycles. The average Bonchev–Trinajstić information content (AvgIpc) is 2.39. The molecule has 2 aromatic rings. The van der Waals surface area contributed by atoms with Crippen LogP contribution < -0.4 is 4.74 Å². The van der Waals surface area contributed by atoms with Crippen LogP contribution in [0.3, 0.4) is 0 Å². The summed E-state index contributed by atoms with van der Waals surface area (Å²) in [7, 11) is 1.58. The van der Waals surface area contributed by atoms with Crippen molar-refractivity contribution in [1.29, 1.82) is 0 Å². The van der Waals surface area contributed by atoms with Gasteiger partial charge in [-0.25, -0.2) is 4.98 Å². The van der Waals surface area contributed by atoms with E-state index in [1.54, 1.807) is 13.3 Å². The third-order valence-corrected chi connectivity index (χ3v) is 2.75. The number of benzene rings is 1. The first-order chi connectivity index (χ1) is 8.22. The van der Waals surface area contributed by atoms with Crippen molar-refractivity contribution < 1.29 is 9.84 Å². The molecule has 0 saturated carbocycles. The number of nitrogens with zero attached hydrogens (tertiary/aromatic N) is 1. The van der Waals surface area contributed by atoms with E-state index in [2.05, 4.69) is 4.98 Å². The summed E-state index contributed by atoms with van der Waals surface area (Å²) < 4.78 is 5.04. The highest BCUT2D eigenvalue weighted by Crippen LogP contribution is 2.25. The molecule has 2 rings (SSSR count). The fourth-order valence-electron chi connectivity index (χ4n) is 1.75. The number of methoxy groups -OCH3 is 1. The van der Waals surface area contributed by atoms with Crippen molar-refractivity contribution in [2.75, 3.05) is 7.11 Å². The van der Waals surface area contributed by atoms with Crippen LogP contribution in [-0.2, 0) is 0 Å². The van der Waals surface area contributed by atoms with E-state index in [0.717, 1.165) is 16.7 Å². The maximum atomic E-state index is 10.3. The van der Waals surface area contributed by atoms with Crippen LogP contribution >= 0.6 is 0 Å². The van der Waals surface area contributed by atoms with Gasteiger partial charge in [-0.2, -0.15) is 0 Å². The quantitative estimate of drug-likeness (QED) is 0.879. The predicted molar refractivity (Wildman–Crippen MR) is 66.0 cm³/mol. The number of aliphatic hydroxyl groups is 1. The molecule has 0 aliphatic heterocycles. The molecule has 1 N–H and O–H groups in total. The minimum Gasteiger partial charge on any atom is -0.481 e. The van der Waals surface area contributed by atoms with Crippen molar-refractivity contribution >= 4 is 0 Å². The van der Waals surface area contributed by atoms with Gasteiger partial charge in [0, 0.05) is 17.8 Å². The van der Waals surface area contributed by atoms with E-state index in [9.17, 15) is 5.11 Å². The first-order valence-corrected chi connectivity index (χ1v) is 5.46. The maximum Gasteiger partial charge on any atom is 0.213 e. The van der Waals surface area contributed by atoms with Gasteiger partial charge in [0.1, 0.15) is 6.10 Å². The third-order valence-electron chi connectivity index (χ3n) is 2.75. The van der Waals surface area contributed by atoms with Gasteiger partial charge in [-0.05, 0) is 18.1 Å². The first-order valence-electron chi connectivity index (χ1n) is 5.46. The summed E-state index contributed by atoms with van der Waals surface area (Å²) in [5.74, 6) is 0.562. The molecule has 0 fully saturated rings. The molecule has 17 heavy (non-hydrogen) atoms. The molecular weight excluding hydrogens is 214 g/mol. The molecule has 0 aliphatic rings. The van der Waals surface area contributed by atoms with Crippen molar-refractivity contribution in [3.63, 3.8) is 0 Å². The van der Waals surface area contributed by atoms with E-state index < -0.39 is 6.10 Å². The van der Waals surface area contributed by atoms with Crippen molar-refractivity contribution in [2.45, 2.75) is 13.0 Å². The van der Waals surface area contributed by atoms with E-state index >= 15 is 0 Å². The smallest absolute Gasteiger partial charge is 0.213 e. The Morgan fingerprint density at radius 1 is 1.24 bits per heavy atom. The van der Waals surface area contributed by atoms with Crippen LogP contribution in [0.15, 0.2) is 42.6 Å². The zero-order valence-corrected chi connectivity index (χ0v) is 9.92. The fourth-order valence-corrected chi connectivity index (χ4v) is 1.75. The van der Waals surface area contributed by atoms with Crippen molar-refractivity contribution in [1.82, 2.24) is 4.98 Å². The molecule has 3 nitrogen and oxygen atoms in total. The van der Waals surface area contributed by atoms with Crippen LogP contribution in [0.5, 0.6) is 5.88 Å². The molecule has 1 atom stereocenters. The zero-order chi connectivity index (χ0) is 12.3. The van der Waals surface area contributed by atoms with Crippen molar-refractivity contribution in [3.05, 3.63) is 59.3 Å². The Hall–Kier alpha value is -1.87. The maximum absolute atomic E-state index is 10.3. The molecule has 88 valence electrons. The van der Waals surface area contributed by atoms with Crippen LogP contribution in [-0.4, -0.2) is 17.2 Å². The van der Waals surface area contributed by atoms with Crippen LogP contribution in [0.4, 0.5) is 0 Å². The van der Waals surface area contributed by atoms with Gasteiger partial charge >= 0.3 is 0 Å². The van der Waals surface area contributed by atoms with Crippen LogP contribution in [0.1, 0.15) is 22.8 Å². The molecule has 1 aromatic carbocycles. The van der Waals surface area contributed by atoms with Crippen LogP contribution in [0.2, 0.25) is 0 Å². The first kappa shape index (κ1) is 11.6. The molecule has 0 radical (unpaired) electrons. The van der Waals surface area contributed by atoms with E-state index in [4.69, 9.17) is 4.74 Å². The zero-order valence-electron chi connectivity index (χ0n) is 9.92. The standard InChI is InChI=1S/C14H15NO2/c1-10-8-13(17-2)15-9-12(10)14(16)11-6-4-3-5-7-11/h3-9,14,16H,1-2H3/t14-/m1/s1. The second kappa shape index (κ2) is 4.97. The molecule has 0 amide bonds. The van der Waals surface area contributed by atoms with E-state index in [-0.39, 0.29) is 0 Å². The molecule has 0 aliphatic carbocycles. The Morgan fingerprint density at radius 3 is 2.53 bits per heavy atom. The van der Waals surface area contributed by atoms with Crippen LogP contribution in [0.25, 0.3) is 0 Å². The molecule has 0 spiro atoms.